The van der Waals surface area contributed by atoms with Gasteiger partial charge in [-0.3, -0.25) is 0 Å². The number of rotatable bonds is 0. The molecule has 1 rings (SSSR count). The molecule has 5 heteroatoms. The first kappa shape index (κ1) is 7.71. The first-order valence-electron chi connectivity index (χ1n) is 3.36. The third-order valence-corrected chi connectivity index (χ3v) is 1.27. The molecule has 0 saturated heterocycles. The monoisotopic (exact) mass is 153 g/mol. The van der Waals surface area contributed by atoms with Crippen molar-refractivity contribution in [2.45, 2.75) is 20.0 Å². The second-order valence-electron chi connectivity index (χ2n) is 2.35. The van der Waals surface area contributed by atoms with Gasteiger partial charge < -0.3 is 11.2 Å². The quantitative estimate of drug-likeness (QED) is 0.303. The highest BCUT2D eigenvalue weighted by Gasteiger charge is 2.06. The van der Waals surface area contributed by atoms with Gasteiger partial charge in [-0.15, -0.1) is 5.11 Å². The van der Waals surface area contributed by atoms with E-state index < -0.39 is 0 Å². The van der Waals surface area contributed by atoms with Gasteiger partial charge in [0.15, 0.2) is 5.84 Å². The van der Waals surface area contributed by atoms with Crippen LogP contribution in [0.4, 0.5) is 0 Å². The van der Waals surface area contributed by atoms with Crippen LogP contribution in [0.5, 0.6) is 0 Å². The number of nitrogens with zero attached hydrogens (tertiary/aromatic N) is 3. The number of amidine groups is 1. The van der Waals surface area contributed by atoms with Crippen LogP contribution in [0, 0.1) is 0 Å². The molecule has 60 valence electrons. The molecule has 0 aromatic carbocycles. The highest BCUT2D eigenvalue weighted by Crippen LogP contribution is 2.02. The van der Waals surface area contributed by atoms with E-state index in [1.165, 1.54) is 0 Å². The standard InChI is InChI=1S/C6H11N5/c1-4-3-6(10-11-7)9-5(2)8-4/h3,5,8H,1-2H3,(H2,7,9,10). The van der Waals surface area contributed by atoms with Gasteiger partial charge in [-0.05, 0) is 13.8 Å². The van der Waals surface area contributed by atoms with E-state index in [2.05, 4.69) is 20.6 Å². The van der Waals surface area contributed by atoms with Crippen molar-refractivity contribution >= 4 is 5.84 Å². The van der Waals surface area contributed by atoms with Crippen molar-refractivity contribution in [2.75, 3.05) is 0 Å². The van der Waals surface area contributed by atoms with Gasteiger partial charge in [0.25, 0.3) is 0 Å². The van der Waals surface area contributed by atoms with Gasteiger partial charge in [-0.2, -0.15) is 0 Å². The van der Waals surface area contributed by atoms with Crippen LogP contribution in [-0.2, 0) is 0 Å². The number of hydrogen-bond donors (Lipinski definition) is 2. The molecule has 1 aliphatic heterocycles. The zero-order valence-electron chi connectivity index (χ0n) is 6.57. The Labute approximate surface area is 65.1 Å². The fraction of sp³-hybridized carbons (Fsp3) is 0.500. The lowest BCUT2D eigenvalue weighted by atomic mass is 10.3. The summed E-state index contributed by atoms with van der Waals surface area (Å²) in [6.45, 7) is 3.87. The Hall–Kier alpha value is -1.39. The van der Waals surface area contributed by atoms with E-state index >= 15 is 0 Å². The average molecular weight is 153 g/mol. The van der Waals surface area contributed by atoms with Gasteiger partial charge in [0, 0.05) is 11.8 Å². The van der Waals surface area contributed by atoms with Crippen LogP contribution < -0.4 is 11.2 Å². The summed E-state index contributed by atoms with van der Waals surface area (Å²) >= 11 is 0. The van der Waals surface area contributed by atoms with Crippen molar-refractivity contribution in [3.63, 3.8) is 0 Å². The molecule has 1 atom stereocenters. The fourth-order valence-electron chi connectivity index (χ4n) is 0.947. The van der Waals surface area contributed by atoms with Crippen LogP contribution in [0.25, 0.3) is 0 Å². The van der Waals surface area contributed by atoms with Gasteiger partial charge in [0.05, 0.1) is 0 Å². The minimum absolute atomic E-state index is 0.0560. The van der Waals surface area contributed by atoms with E-state index in [1.54, 1.807) is 6.08 Å². The molecule has 1 heterocycles. The van der Waals surface area contributed by atoms with Crippen molar-refractivity contribution in [3.8, 4) is 0 Å². The van der Waals surface area contributed by atoms with Crippen LogP contribution in [0.1, 0.15) is 13.8 Å². The summed E-state index contributed by atoms with van der Waals surface area (Å²) < 4.78 is 0. The molecule has 1 unspecified atom stereocenters. The molecule has 0 saturated carbocycles. The van der Waals surface area contributed by atoms with Crippen LogP contribution in [0.3, 0.4) is 0 Å². The molecule has 0 spiro atoms. The van der Waals surface area contributed by atoms with Gasteiger partial charge in [-0.1, -0.05) is 5.22 Å². The molecule has 0 radical (unpaired) electrons. The van der Waals surface area contributed by atoms with Crippen molar-refractivity contribution in [1.29, 1.82) is 0 Å². The number of aliphatic imine (C=N–C) groups is 1. The Morgan fingerprint density at radius 3 is 3.00 bits per heavy atom. The second-order valence-corrected chi connectivity index (χ2v) is 2.35. The molecule has 3 N–H and O–H groups in total. The Bertz CT molecular complexity index is 227. The highest BCUT2D eigenvalue weighted by atomic mass is 15.3. The summed E-state index contributed by atoms with van der Waals surface area (Å²) in [5.41, 5.74) is 1.02. The largest absolute Gasteiger partial charge is 0.367 e. The highest BCUT2D eigenvalue weighted by molar-refractivity contribution is 5.94. The van der Waals surface area contributed by atoms with Crippen LogP contribution >= 0.6 is 0 Å². The SMILES string of the molecule is CC1=CC(N=NN)=NC(C)N1. The summed E-state index contributed by atoms with van der Waals surface area (Å²) in [6, 6.07) is 0. The maximum atomic E-state index is 4.88. The summed E-state index contributed by atoms with van der Waals surface area (Å²) in [5, 5.41) is 9.87. The Kier molecular flexibility index (Phi) is 2.20. The summed E-state index contributed by atoms with van der Waals surface area (Å²) in [5.74, 6) is 5.44. The van der Waals surface area contributed by atoms with Gasteiger partial charge in [0.1, 0.15) is 6.17 Å². The number of allylic oxidation sites excluding steroid dienone is 1. The lowest BCUT2D eigenvalue weighted by Crippen LogP contribution is -2.27. The van der Waals surface area contributed by atoms with Crippen molar-refractivity contribution in [2.24, 2.45) is 21.2 Å². The van der Waals surface area contributed by atoms with Crippen LogP contribution in [0.15, 0.2) is 27.1 Å². The first-order valence-corrected chi connectivity index (χ1v) is 3.36. The van der Waals surface area contributed by atoms with Crippen molar-refractivity contribution < 1.29 is 0 Å². The zero-order chi connectivity index (χ0) is 8.27. The molecule has 0 aliphatic carbocycles. The van der Waals surface area contributed by atoms with E-state index in [1.807, 2.05) is 13.8 Å². The van der Waals surface area contributed by atoms with Gasteiger partial charge in [-0.25, -0.2) is 4.99 Å². The molecule has 5 nitrogen and oxygen atoms in total. The predicted molar refractivity (Wildman–Crippen MR) is 42.8 cm³/mol. The normalized spacial score (nSPS) is 24.4. The molecule has 0 fully saturated rings. The third kappa shape index (κ3) is 2.03. The molecule has 0 aromatic rings. The third-order valence-electron chi connectivity index (χ3n) is 1.27. The van der Waals surface area contributed by atoms with Crippen molar-refractivity contribution in [1.82, 2.24) is 5.32 Å². The topological polar surface area (TPSA) is 75.1 Å². The maximum Gasteiger partial charge on any atom is 0.175 e. The van der Waals surface area contributed by atoms with Crippen molar-refractivity contribution in [3.05, 3.63) is 11.8 Å². The van der Waals surface area contributed by atoms with Gasteiger partial charge in [0.2, 0.25) is 0 Å². The molecule has 11 heavy (non-hydrogen) atoms. The summed E-state index contributed by atoms with van der Waals surface area (Å²) in [6.07, 6.45) is 1.84. The molecule has 0 amide bonds. The maximum absolute atomic E-state index is 4.88. The molecule has 0 bridgehead atoms. The second kappa shape index (κ2) is 3.14. The Balaban J connectivity index is 2.78. The first-order chi connectivity index (χ1) is 5.22. The minimum atomic E-state index is 0.0560. The smallest absolute Gasteiger partial charge is 0.175 e. The molecular formula is C6H11N5. The predicted octanol–water partition coefficient (Wildman–Crippen LogP) is 0.564. The van der Waals surface area contributed by atoms with E-state index in [0.29, 0.717) is 5.84 Å². The minimum Gasteiger partial charge on any atom is -0.367 e. The number of nitrogens with two attached hydrogens (primary N) is 1. The molecular weight excluding hydrogens is 142 g/mol. The van der Waals surface area contributed by atoms with Crippen LogP contribution in [-0.4, -0.2) is 12.0 Å². The van der Waals surface area contributed by atoms with E-state index in [4.69, 9.17) is 5.84 Å². The number of nitrogens with one attached hydrogen (secondary N) is 1. The van der Waals surface area contributed by atoms with E-state index in [0.717, 1.165) is 5.70 Å². The Morgan fingerprint density at radius 1 is 1.73 bits per heavy atom. The average Bonchev–Trinajstić information content (AvgIpc) is 1.85. The fourth-order valence-corrected chi connectivity index (χ4v) is 0.947. The summed E-state index contributed by atoms with van der Waals surface area (Å²) in [4.78, 5) is 4.11. The summed E-state index contributed by atoms with van der Waals surface area (Å²) in [7, 11) is 0. The lowest BCUT2D eigenvalue weighted by molar-refractivity contribution is 0.633. The number of hydrogen-bond acceptors (Lipinski definition) is 4. The molecule has 1 aliphatic rings. The van der Waals surface area contributed by atoms with Gasteiger partial charge >= 0.3 is 0 Å². The zero-order valence-corrected chi connectivity index (χ0v) is 6.57. The Morgan fingerprint density at radius 2 is 2.45 bits per heavy atom. The molecule has 0 aromatic heterocycles. The van der Waals surface area contributed by atoms with E-state index in [-0.39, 0.29) is 6.17 Å². The van der Waals surface area contributed by atoms with E-state index in [9.17, 15) is 0 Å². The van der Waals surface area contributed by atoms with Crippen LogP contribution in [0.2, 0.25) is 0 Å². The lowest BCUT2D eigenvalue weighted by Gasteiger charge is -2.15.